The summed E-state index contributed by atoms with van der Waals surface area (Å²) in [6.45, 7) is -1.16. The molecule has 0 rings (SSSR count). The molecule has 0 aliphatic rings. The molecule has 164 valence electrons. The number of hydrogen-bond donors (Lipinski definition) is 0. The first-order chi connectivity index (χ1) is 12.2. The smallest absolute Gasteiger partial charge is 0.311 e. The van der Waals surface area contributed by atoms with Crippen LogP contribution >= 0.6 is 15.2 Å². The van der Waals surface area contributed by atoms with Gasteiger partial charge in [-0.15, -0.1) is 0 Å². The van der Waals surface area contributed by atoms with Gasteiger partial charge >= 0.3 is 15.2 Å². The summed E-state index contributed by atoms with van der Waals surface area (Å²) in [6.07, 6.45) is 0.593. The Morgan fingerprint density at radius 3 is 1.11 bits per heavy atom. The van der Waals surface area contributed by atoms with Crippen LogP contribution in [-0.2, 0) is 55.8 Å². The van der Waals surface area contributed by atoms with E-state index in [-0.39, 0.29) is 0 Å². The van der Waals surface area contributed by atoms with Crippen LogP contribution in [0.5, 0.6) is 0 Å². The Kier molecular flexibility index (Phi) is 10.3. The first-order valence-electron chi connectivity index (χ1n) is 7.28. The third-order valence-electron chi connectivity index (χ3n) is 3.58. The van der Waals surface area contributed by atoms with Crippen molar-refractivity contribution in [2.45, 2.75) is 17.7 Å². The lowest BCUT2D eigenvalue weighted by molar-refractivity contribution is 0.191. The second-order valence-electron chi connectivity index (χ2n) is 5.26. The highest BCUT2D eigenvalue weighted by Crippen LogP contribution is 2.79. The Hall–Kier alpha value is 0.120. The van der Waals surface area contributed by atoms with E-state index < -0.39 is 66.4 Å². The van der Waals surface area contributed by atoms with Gasteiger partial charge in [-0.1, -0.05) is 0 Å². The van der Waals surface area contributed by atoms with Gasteiger partial charge in [-0.05, 0) is 0 Å². The molecular weight excluding hydrogens is 450 g/mol. The molecule has 0 heterocycles. The average Bonchev–Trinajstić information content (AvgIpc) is 2.56. The Morgan fingerprint density at radius 2 is 0.926 bits per heavy atom. The second-order valence-corrected chi connectivity index (χ2v) is 14.1. The molecule has 16 heteroatoms. The van der Waals surface area contributed by atoms with Gasteiger partial charge in [-0.25, -0.2) is 0 Å². The zero-order valence-corrected chi connectivity index (χ0v) is 19.4. The summed E-state index contributed by atoms with van der Waals surface area (Å²) in [5.41, 5.74) is 0. The normalized spacial score (nSPS) is 14.4. The van der Waals surface area contributed by atoms with E-state index in [0.717, 1.165) is 41.0 Å². The van der Waals surface area contributed by atoms with Crippen LogP contribution in [0.2, 0.25) is 0 Å². The van der Waals surface area contributed by atoms with Crippen molar-refractivity contribution in [3.8, 4) is 0 Å². The van der Waals surface area contributed by atoms with Crippen molar-refractivity contribution < 1.29 is 52.4 Å². The third-order valence-corrected chi connectivity index (χ3v) is 11.1. The maximum absolute atomic E-state index is 13.3. The van der Waals surface area contributed by atoms with Gasteiger partial charge in [0.15, 0.2) is 4.90 Å². The van der Waals surface area contributed by atoms with Crippen molar-refractivity contribution in [2.24, 2.45) is 0 Å². The Bertz CT molecular complexity index is 693. The second kappa shape index (κ2) is 10.2. The molecule has 0 amide bonds. The minimum absolute atomic E-state index is 0.495. The molecule has 0 aliphatic carbocycles. The van der Waals surface area contributed by atoms with Gasteiger partial charge in [0.25, 0.3) is 20.2 Å². The quantitative estimate of drug-likeness (QED) is 0.262. The Labute approximate surface area is 160 Å². The van der Waals surface area contributed by atoms with Gasteiger partial charge in [-0.3, -0.25) is 17.5 Å². The Balaban J connectivity index is 6.28. The first-order valence-corrected chi connectivity index (χ1v) is 14.0. The highest BCUT2D eigenvalue weighted by atomic mass is 32.2. The fourth-order valence-electron chi connectivity index (χ4n) is 2.36. The summed E-state index contributed by atoms with van der Waals surface area (Å²) in [7, 11) is -12.3. The van der Waals surface area contributed by atoms with Crippen molar-refractivity contribution in [3.63, 3.8) is 0 Å². The van der Waals surface area contributed by atoms with Crippen LogP contribution in [0.1, 0.15) is 12.8 Å². The van der Waals surface area contributed by atoms with Gasteiger partial charge in [0, 0.05) is 41.3 Å². The summed E-state index contributed by atoms with van der Waals surface area (Å²) in [5, 5.41) is 0. The van der Waals surface area contributed by atoms with Gasteiger partial charge < -0.3 is 18.1 Å². The molecule has 0 bridgehead atoms. The van der Waals surface area contributed by atoms with E-state index in [0.29, 0.717) is 0 Å². The average molecular weight is 476 g/mol. The molecule has 0 unspecified atom stereocenters. The van der Waals surface area contributed by atoms with Crippen LogP contribution in [0.4, 0.5) is 0 Å². The summed E-state index contributed by atoms with van der Waals surface area (Å²) in [4.78, 5) is -2.11. The van der Waals surface area contributed by atoms with E-state index in [1.807, 2.05) is 0 Å². The van der Waals surface area contributed by atoms with Crippen molar-refractivity contribution >= 4 is 35.4 Å². The van der Waals surface area contributed by atoms with E-state index in [1.54, 1.807) is 0 Å². The molecule has 0 fully saturated rings. The van der Waals surface area contributed by atoms with Gasteiger partial charge in [-0.2, -0.15) is 16.8 Å². The largest absolute Gasteiger partial charge is 0.348 e. The molecule has 0 aliphatic heterocycles. The summed E-state index contributed by atoms with van der Waals surface area (Å²) in [6, 6.07) is 0. The van der Waals surface area contributed by atoms with Crippen molar-refractivity contribution in [1.29, 1.82) is 0 Å². The molecule has 0 radical (unpaired) electrons. The van der Waals surface area contributed by atoms with Gasteiger partial charge in [0.1, 0.15) is 0 Å². The van der Waals surface area contributed by atoms with Gasteiger partial charge in [0.2, 0.25) is 0 Å². The van der Waals surface area contributed by atoms with Gasteiger partial charge in [0.05, 0.1) is 25.7 Å². The molecule has 0 saturated heterocycles. The van der Waals surface area contributed by atoms with Crippen molar-refractivity contribution in [3.05, 3.63) is 0 Å². The van der Waals surface area contributed by atoms with Crippen LogP contribution in [0.15, 0.2) is 0 Å². The lowest BCUT2D eigenvalue weighted by atomic mass is 10.2. The first kappa shape index (κ1) is 27.1. The molecule has 0 spiro atoms. The topological polar surface area (TPSA) is 158 Å². The summed E-state index contributed by atoms with van der Waals surface area (Å²) in [5.74, 6) is 0. The van der Waals surface area contributed by atoms with E-state index in [4.69, 9.17) is 18.1 Å². The predicted octanol–water partition coefficient (Wildman–Crippen LogP) is 1.39. The summed E-state index contributed by atoms with van der Waals surface area (Å²) >= 11 is 0. The zero-order valence-electron chi connectivity index (χ0n) is 15.9. The molecule has 0 saturated carbocycles. The summed E-state index contributed by atoms with van der Waals surface area (Å²) < 4.78 is 101. The third kappa shape index (κ3) is 7.14. The van der Waals surface area contributed by atoms with E-state index in [9.17, 15) is 26.0 Å². The molecule has 0 aromatic heterocycles. The maximum atomic E-state index is 13.3. The molecular formula is C11H26O12P2S2. The minimum Gasteiger partial charge on any atom is -0.311 e. The fraction of sp³-hybridized carbons (Fsp3) is 1.00. The van der Waals surface area contributed by atoms with Crippen LogP contribution < -0.4 is 0 Å². The van der Waals surface area contributed by atoms with Crippen LogP contribution in [-0.4, -0.2) is 75.9 Å². The predicted molar refractivity (Wildman–Crippen MR) is 96.8 cm³/mol. The van der Waals surface area contributed by atoms with Crippen LogP contribution in [0.25, 0.3) is 0 Å². The number of hydrogen-bond acceptors (Lipinski definition) is 12. The highest BCUT2D eigenvalue weighted by Gasteiger charge is 2.63. The standard InChI is InChI=1S/C11H26O12P2S2/c1-18-24(12,19-2)11(25(13,20-3)21-4,7-9-22-26(5,14)15)8-10-23-27(6,16)17/h7-10H2,1-6H3. The molecule has 0 aromatic carbocycles. The lowest BCUT2D eigenvalue weighted by Gasteiger charge is -2.40. The lowest BCUT2D eigenvalue weighted by Crippen LogP contribution is -2.35. The molecule has 0 aromatic rings. The SMILES string of the molecule is COP(=O)(OC)C(CCOS(C)(=O)=O)(CCOS(C)(=O)=O)P(=O)(OC)OC. The van der Waals surface area contributed by atoms with Crippen molar-refractivity contribution in [1.82, 2.24) is 0 Å². The monoisotopic (exact) mass is 476 g/mol. The van der Waals surface area contributed by atoms with E-state index >= 15 is 0 Å². The molecule has 27 heavy (non-hydrogen) atoms. The van der Waals surface area contributed by atoms with Crippen molar-refractivity contribution in [2.75, 3.05) is 54.2 Å². The van der Waals surface area contributed by atoms with Crippen LogP contribution in [0, 0.1) is 0 Å². The highest BCUT2D eigenvalue weighted by molar-refractivity contribution is 7.86. The maximum Gasteiger partial charge on any atom is 0.348 e. The molecule has 0 atom stereocenters. The van der Waals surface area contributed by atoms with E-state index in [2.05, 4.69) is 8.37 Å². The fourth-order valence-corrected chi connectivity index (χ4v) is 8.43. The zero-order chi connectivity index (χ0) is 21.6. The van der Waals surface area contributed by atoms with Crippen LogP contribution in [0.3, 0.4) is 0 Å². The molecule has 0 N–H and O–H groups in total. The number of rotatable bonds is 14. The minimum atomic E-state index is -4.30. The molecule has 12 nitrogen and oxygen atoms in total. The van der Waals surface area contributed by atoms with E-state index in [1.165, 1.54) is 0 Å². The Morgan fingerprint density at radius 1 is 0.667 bits per heavy atom.